The van der Waals surface area contributed by atoms with Crippen LogP contribution in [-0.4, -0.2) is 24.6 Å². The molecule has 0 aliphatic rings. The molecule has 0 radical (unpaired) electrons. The van der Waals surface area contributed by atoms with Crippen LogP contribution in [0.5, 0.6) is 5.75 Å². The Kier molecular flexibility index (Phi) is 11.5. The predicted molar refractivity (Wildman–Crippen MR) is 265 cm³/mol. The van der Waals surface area contributed by atoms with E-state index in [1.165, 1.54) is 16.5 Å². The third-order valence-electron chi connectivity index (χ3n) is 12.2. The zero-order valence-electron chi connectivity index (χ0n) is 37.4. The summed E-state index contributed by atoms with van der Waals surface area (Å²) in [5, 5.41) is 13.5. The van der Waals surface area contributed by atoms with Crippen LogP contribution < -0.4 is 0 Å². The van der Waals surface area contributed by atoms with Crippen molar-refractivity contribution in [2.75, 3.05) is 0 Å². The Morgan fingerprint density at radius 2 is 1.11 bits per heavy atom. The molecule has 1 N–H and O–H groups in total. The minimum atomic E-state index is -0.0575. The summed E-state index contributed by atoms with van der Waals surface area (Å²) in [5.41, 5.74) is 16.5. The van der Waals surface area contributed by atoms with Gasteiger partial charge in [-0.1, -0.05) is 150 Å². The fraction of sp³-hybridized carbons (Fsp3) is 0.136. The molecule has 10 aromatic rings. The maximum Gasteiger partial charge on any atom is 0.124 e. The number of pyridine rings is 3. The fourth-order valence-electron chi connectivity index (χ4n) is 8.76. The number of para-hydroxylation sites is 3. The summed E-state index contributed by atoms with van der Waals surface area (Å²) in [4.78, 5) is 15.1. The Morgan fingerprint density at radius 1 is 0.477 bits per heavy atom. The first-order valence-corrected chi connectivity index (χ1v) is 21.9. The number of hydrogen-bond acceptors (Lipinski definition) is 4. The van der Waals surface area contributed by atoms with Crippen LogP contribution in [0.25, 0.3) is 94.8 Å². The van der Waals surface area contributed by atoms with E-state index in [0.717, 1.165) is 78.1 Å². The second-order valence-corrected chi connectivity index (χ2v) is 18.6. The van der Waals surface area contributed by atoms with Crippen molar-refractivity contribution in [2.24, 2.45) is 0 Å². The quantitative estimate of drug-likeness (QED) is 0.162. The molecule has 6 heteroatoms. The first-order valence-electron chi connectivity index (χ1n) is 21.9. The van der Waals surface area contributed by atoms with E-state index >= 15 is 0 Å². The van der Waals surface area contributed by atoms with Crippen LogP contribution in [0.2, 0.25) is 0 Å². The van der Waals surface area contributed by atoms with Crippen LogP contribution in [0.3, 0.4) is 0 Å². The molecule has 65 heavy (non-hydrogen) atoms. The second kappa shape index (κ2) is 17.2. The van der Waals surface area contributed by atoms with Gasteiger partial charge in [0.1, 0.15) is 5.75 Å². The summed E-state index contributed by atoms with van der Waals surface area (Å²) in [7, 11) is 0. The van der Waals surface area contributed by atoms with Gasteiger partial charge in [-0.15, -0.1) is 24.3 Å². The number of fused-ring (bicyclic) bond motifs is 3. The van der Waals surface area contributed by atoms with Gasteiger partial charge in [-0.25, -0.2) is 0 Å². The molecule has 322 valence electrons. The van der Waals surface area contributed by atoms with Crippen molar-refractivity contribution in [2.45, 2.75) is 52.4 Å². The minimum absolute atomic E-state index is 0. The molecular formula is C59H49N4OPt-. The Balaban J connectivity index is 0.00000533. The van der Waals surface area contributed by atoms with E-state index in [9.17, 15) is 5.11 Å². The standard InChI is InChI=1S/C59H49N4O.Pt/c1-58(2,3)43-32-41(33-44(37-43)59(4,5)6)42-35-52(62-53(36-42)48-22-11-13-25-55(48)64)39-18-16-17-38(31-39)51-34-40(28-30-61-51)56-49(50-23-14-15-29-60-50)27-26-47-46-21-10-12-24-54(46)63(57(47)56)45-19-8-7-9-20-45;/h7-30,32-37,64H,1-6H3;/q-1;. The second-order valence-electron chi connectivity index (χ2n) is 18.6. The first kappa shape index (κ1) is 43.3. The molecule has 0 aliphatic heterocycles. The van der Waals surface area contributed by atoms with Gasteiger partial charge >= 0.3 is 0 Å². The molecule has 0 saturated heterocycles. The molecule has 5 nitrogen and oxygen atoms in total. The van der Waals surface area contributed by atoms with Gasteiger partial charge in [0.05, 0.1) is 22.4 Å². The van der Waals surface area contributed by atoms with Gasteiger partial charge in [0.2, 0.25) is 0 Å². The number of aromatic hydroxyl groups is 1. The monoisotopic (exact) mass is 1020 g/mol. The molecule has 0 unspecified atom stereocenters. The molecular weight excluding hydrogens is 976 g/mol. The van der Waals surface area contributed by atoms with Crippen LogP contribution in [-0.2, 0) is 31.9 Å². The van der Waals surface area contributed by atoms with Crippen LogP contribution in [0.15, 0.2) is 182 Å². The van der Waals surface area contributed by atoms with Gasteiger partial charge in [0.25, 0.3) is 0 Å². The zero-order valence-corrected chi connectivity index (χ0v) is 39.6. The molecule has 0 atom stereocenters. The largest absolute Gasteiger partial charge is 0.507 e. The van der Waals surface area contributed by atoms with Crippen molar-refractivity contribution in [3.05, 3.63) is 199 Å². The SMILES string of the molecule is CC(C)(C)c1cc(-c2cc(-c3[c-]c(-c4cc(-c5c(-c6ccccn6)ccc6c7ccccc7n(-c7ccccc7)c56)ccn4)ccc3)nc(-c3ccccc3O)c2)cc(C(C)(C)C)c1.[Pt]. The number of phenolic OH excluding ortho intramolecular Hbond substituents is 1. The van der Waals surface area contributed by atoms with E-state index in [-0.39, 0.29) is 37.6 Å². The van der Waals surface area contributed by atoms with Crippen LogP contribution in [0.1, 0.15) is 52.7 Å². The van der Waals surface area contributed by atoms with Crippen LogP contribution in [0.4, 0.5) is 0 Å². The Hall–Kier alpha value is -6.94. The molecule has 4 heterocycles. The van der Waals surface area contributed by atoms with E-state index in [2.05, 4.69) is 186 Å². The number of nitrogens with zero attached hydrogens (tertiary/aromatic N) is 4. The van der Waals surface area contributed by atoms with Crippen LogP contribution in [0, 0.1) is 6.07 Å². The number of phenols is 1. The minimum Gasteiger partial charge on any atom is -0.507 e. The van der Waals surface area contributed by atoms with E-state index in [4.69, 9.17) is 15.0 Å². The summed E-state index contributed by atoms with van der Waals surface area (Å²) in [6, 6.07) is 62.5. The maximum absolute atomic E-state index is 11.1. The average Bonchev–Trinajstić information content (AvgIpc) is 3.65. The van der Waals surface area contributed by atoms with E-state index in [0.29, 0.717) is 11.3 Å². The number of benzene rings is 6. The molecule has 0 spiro atoms. The van der Waals surface area contributed by atoms with Crippen molar-refractivity contribution in [1.82, 2.24) is 19.5 Å². The number of hydrogen-bond donors (Lipinski definition) is 1. The molecule has 6 aromatic carbocycles. The maximum atomic E-state index is 11.1. The van der Waals surface area contributed by atoms with Gasteiger partial charge in [-0.2, -0.15) is 0 Å². The molecule has 10 rings (SSSR count). The molecule has 0 saturated carbocycles. The van der Waals surface area contributed by atoms with E-state index in [1.807, 2.05) is 42.7 Å². The summed E-state index contributed by atoms with van der Waals surface area (Å²) in [6.07, 6.45) is 3.75. The van der Waals surface area contributed by atoms with E-state index < -0.39 is 0 Å². The van der Waals surface area contributed by atoms with Crippen molar-refractivity contribution in [1.29, 1.82) is 0 Å². The Bertz CT molecular complexity index is 3330. The molecule has 0 aliphatic carbocycles. The predicted octanol–water partition coefficient (Wildman–Crippen LogP) is 15.1. The molecule has 0 amide bonds. The van der Waals surface area contributed by atoms with Gasteiger partial charge in [-0.3, -0.25) is 15.0 Å². The summed E-state index contributed by atoms with van der Waals surface area (Å²) in [6.45, 7) is 13.6. The third kappa shape index (κ3) is 8.33. The van der Waals surface area contributed by atoms with Crippen molar-refractivity contribution in [3.63, 3.8) is 0 Å². The first-order chi connectivity index (χ1) is 30.9. The zero-order chi connectivity index (χ0) is 44.2. The molecule has 4 aromatic heterocycles. The Morgan fingerprint density at radius 3 is 1.83 bits per heavy atom. The fourth-order valence-corrected chi connectivity index (χ4v) is 8.76. The van der Waals surface area contributed by atoms with Crippen LogP contribution >= 0.6 is 0 Å². The normalized spacial score (nSPS) is 11.8. The molecule has 0 bridgehead atoms. The van der Waals surface area contributed by atoms with E-state index in [1.54, 1.807) is 6.07 Å². The topological polar surface area (TPSA) is 63.8 Å². The number of aromatic nitrogens is 4. The van der Waals surface area contributed by atoms with Crippen molar-refractivity contribution in [3.8, 4) is 78.7 Å². The average molecular weight is 1030 g/mol. The van der Waals surface area contributed by atoms with Crippen molar-refractivity contribution >= 4 is 21.8 Å². The summed E-state index contributed by atoms with van der Waals surface area (Å²) >= 11 is 0. The third-order valence-corrected chi connectivity index (χ3v) is 12.2. The van der Waals surface area contributed by atoms with Gasteiger partial charge < -0.3 is 9.67 Å². The van der Waals surface area contributed by atoms with Gasteiger partial charge in [-0.05, 0) is 93.2 Å². The van der Waals surface area contributed by atoms with Gasteiger partial charge in [0, 0.05) is 78.0 Å². The van der Waals surface area contributed by atoms with Crippen molar-refractivity contribution < 1.29 is 26.2 Å². The summed E-state index contributed by atoms with van der Waals surface area (Å²) < 4.78 is 2.38. The van der Waals surface area contributed by atoms with Gasteiger partial charge in [0.15, 0.2) is 0 Å². The summed E-state index contributed by atoms with van der Waals surface area (Å²) in [5.74, 6) is 0.182. The number of rotatable bonds is 7. The molecule has 0 fully saturated rings. The Labute approximate surface area is 395 Å². The smallest absolute Gasteiger partial charge is 0.124 e.